The highest BCUT2D eigenvalue weighted by molar-refractivity contribution is 6.18. The van der Waals surface area contributed by atoms with Gasteiger partial charge < -0.3 is 9.84 Å². The molecule has 2 aromatic carbocycles. The summed E-state index contributed by atoms with van der Waals surface area (Å²) >= 11 is 5.61. The average Bonchev–Trinajstić information content (AvgIpc) is 2.59. The maximum Gasteiger partial charge on any atom is 0.312 e. The molecule has 0 aliphatic carbocycles. The van der Waals surface area contributed by atoms with Crippen molar-refractivity contribution in [3.63, 3.8) is 0 Å². The fourth-order valence-corrected chi connectivity index (χ4v) is 2.67. The quantitative estimate of drug-likeness (QED) is 0.311. The molecule has 0 saturated carbocycles. The van der Waals surface area contributed by atoms with Crippen molar-refractivity contribution >= 4 is 17.6 Å². The second-order valence-electron chi connectivity index (χ2n) is 5.58. The van der Waals surface area contributed by atoms with E-state index in [-0.39, 0.29) is 18.1 Å². The van der Waals surface area contributed by atoms with E-state index < -0.39 is 5.97 Å². The lowest BCUT2D eigenvalue weighted by molar-refractivity contribution is -0.133. The van der Waals surface area contributed by atoms with Crippen molar-refractivity contribution in [2.75, 3.05) is 5.88 Å². The number of ether oxygens (including phenoxy) is 1. The van der Waals surface area contributed by atoms with Gasteiger partial charge in [0, 0.05) is 17.0 Å². The van der Waals surface area contributed by atoms with E-state index in [1.807, 2.05) is 24.3 Å². The van der Waals surface area contributed by atoms with Gasteiger partial charge >= 0.3 is 5.97 Å². The van der Waals surface area contributed by atoms with Crippen LogP contribution in [0.1, 0.15) is 17.5 Å². The summed E-state index contributed by atoms with van der Waals surface area (Å²) in [6.07, 6.45) is 5.08. The molecule has 25 heavy (non-hydrogen) atoms. The number of allylic oxidation sites excluding steroid dienone is 2. The van der Waals surface area contributed by atoms with Crippen LogP contribution in [0.25, 0.3) is 11.1 Å². The first-order valence-corrected chi connectivity index (χ1v) is 8.56. The third kappa shape index (κ3) is 4.97. The van der Waals surface area contributed by atoms with E-state index in [4.69, 9.17) is 16.3 Å². The Morgan fingerprint density at radius 2 is 1.64 bits per heavy atom. The number of phenols is 1. The highest BCUT2D eigenvalue weighted by Crippen LogP contribution is 2.37. The Morgan fingerprint density at radius 3 is 2.24 bits per heavy atom. The van der Waals surface area contributed by atoms with Crippen LogP contribution in [0.2, 0.25) is 0 Å². The highest BCUT2D eigenvalue weighted by atomic mass is 35.5. The Labute approximate surface area is 153 Å². The molecule has 0 atom stereocenters. The van der Waals surface area contributed by atoms with Crippen molar-refractivity contribution in [1.29, 1.82) is 0 Å². The minimum Gasteiger partial charge on any atom is -0.507 e. The number of halogens is 1. The van der Waals surface area contributed by atoms with Crippen LogP contribution in [-0.2, 0) is 17.6 Å². The predicted molar refractivity (Wildman–Crippen MR) is 102 cm³/mol. The Kier molecular flexibility index (Phi) is 6.84. The third-order valence-electron chi connectivity index (χ3n) is 3.68. The number of carbonyl (C=O) groups excluding carboxylic acids is 1. The summed E-state index contributed by atoms with van der Waals surface area (Å²) in [6, 6.07) is 10.9. The molecule has 0 unspecified atom stereocenters. The number of hydrogen-bond donors (Lipinski definition) is 1. The predicted octanol–water partition coefficient (Wildman–Crippen LogP) is 5.05. The number of carbonyl (C=O) groups is 1. The molecular weight excluding hydrogens is 336 g/mol. The van der Waals surface area contributed by atoms with Gasteiger partial charge in [-0.1, -0.05) is 24.3 Å². The van der Waals surface area contributed by atoms with Gasteiger partial charge in [0.05, 0.1) is 6.42 Å². The van der Waals surface area contributed by atoms with Gasteiger partial charge in [0.25, 0.3) is 0 Å². The first kappa shape index (κ1) is 18.8. The number of benzene rings is 2. The van der Waals surface area contributed by atoms with Crippen LogP contribution in [-0.4, -0.2) is 17.0 Å². The number of rotatable bonds is 8. The number of alkyl halides is 1. The molecule has 4 heteroatoms. The van der Waals surface area contributed by atoms with Crippen molar-refractivity contribution in [3.8, 4) is 22.6 Å². The summed E-state index contributed by atoms with van der Waals surface area (Å²) in [5, 5.41) is 10.3. The zero-order valence-electron chi connectivity index (χ0n) is 14.0. The summed E-state index contributed by atoms with van der Waals surface area (Å²) in [5.41, 5.74) is 3.29. The second kappa shape index (κ2) is 9.09. The third-order valence-corrected chi connectivity index (χ3v) is 3.87. The van der Waals surface area contributed by atoms with E-state index in [0.29, 0.717) is 29.7 Å². The zero-order valence-corrected chi connectivity index (χ0v) is 14.8. The van der Waals surface area contributed by atoms with E-state index in [0.717, 1.165) is 11.1 Å². The minimum absolute atomic E-state index is 0.123. The standard InChI is InChI=1S/C21H21ClO3/c1-3-5-15-7-9-19(23)17(13-15)18-14-16(6-4-2)8-10-20(18)25-21(24)11-12-22/h3-4,7-10,13-14,23H,1-2,5-6,11-12H2. The molecular formula is C21H21ClO3. The second-order valence-corrected chi connectivity index (χ2v) is 5.96. The molecule has 2 rings (SSSR count). The van der Waals surface area contributed by atoms with E-state index in [9.17, 15) is 9.90 Å². The maximum atomic E-state index is 11.9. The fraction of sp³-hybridized carbons (Fsp3) is 0.190. The van der Waals surface area contributed by atoms with Crippen LogP contribution in [0.5, 0.6) is 11.5 Å². The summed E-state index contributed by atoms with van der Waals surface area (Å²) in [4.78, 5) is 11.9. The zero-order chi connectivity index (χ0) is 18.2. The molecule has 0 aliphatic rings. The highest BCUT2D eigenvalue weighted by Gasteiger charge is 2.15. The van der Waals surface area contributed by atoms with Crippen LogP contribution in [0.3, 0.4) is 0 Å². The summed E-state index contributed by atoms with van der Waals surface area (Å²) in [7, 11) is 0. The Balaban J connectivity index is 2.53. The Bertz CT molecular complexity index is 781. The molecule has 0 heterocycles. The SMILES string of the molecule is C=CCc1ccc(O)c(-c2cc(CC=C)ccc2OC(=O)CCCl)c1. The molecule has 1 N–H and O–H groups in total. The molecule has 0 fully saturated rings. The first-order chi connectivity index (χ1) is 12.1. The normalized spacial score (nSPS) is 10.3. The molecule has 3 nitrogen and oxygen atoms in total. The smallest absolute Gasteiger partial charge is 0.312 e. The van der Waals surface area contributed by atoms with Crippen molar-refractivity contribution in [1.82, 2.24) is 0 Å². The van der Waals surface area contributed by atoms with Crippen LogP contribution >= 0.6 is 11.6 Å². The van der Waals surface area contributed by atoms with Crippen molar-refractivity contribution in [3.05, 3.63) is 72.8 Å². The molecule has 0 aliphatic heterocycles. The van der Waals surface area contributed by atoms with E-state index in [1.165, 1.54) is 0 Å². The lowest BCUT2D eigenvalue weighted by atomic mass is 9.97. The minimum atomic E-state index is -0.408. The van der Waals surface area contributed by atoms with Gasteiger partial charge in [0.2, 0.25) is 0 Å². The molecule has 0 bridgehead atoms. The number of hydrogen-bond acceptors (Lipinski definition) is 3. The largest absolute Gasteiger partial charge is 0.507 e. The molecule has 0 aromatic heterocycles. The fourth-order valence-electron chi connectivity index (χ4n) is 2.51. The molecule has 0 saturated heterocycles. The van der Waals surface area contributed by atoms with Gasteiger partial charge in [0.1, 0.15) is 11.5 Å². The van der Waals surface area contributed by atoms with E-state index in [1.54, 1.807) is 24.3 Å². The number of aromatic hydroxyl groups is 1. The monoisotopic (exact) mass is 356 g/mol. The lowest BCUT2D eigenvalue weighted by Gasteiger charge is -2.14. The topological polar surface area (TPSA) is 46.5 Å². The lowest BCUT2D eigenvalue weighted by Crippen LogP contribution is -2.09. The van der Waals surface area contributed by atoms with Gasteiger partial charge in [-0.15, -0.1) is 24.8 Å². The Hall–Kier alpha value is -2.52. The Morgan fingerprint density at radius 1 is 1.04 bits per heavy atom. The van der Waals surface area contributed by atoms with Gasteiger partial charge in [-0.05, 0) is 48.2 Å². The molecule has 2 aromatic rings. The molecule has 0 amide bonds. The van der Waals surface area contributed by atoms with Crippen LogP contribution in [0.15, 0.2) is 61.7 Å². The molecule has 130 valence electrons. The summed E-state index contributed by atoms with van der Waals surface area (Å²) in [5.74, 6) is 0.310. The van der Waals surface area contributed by atoms with Gasteiger partial charge in [-0.3, -0.25) is 4.79 Å². The van der Waals surface area contributed by atoms with Crippen LogP contribution < -0.4 is 4.74 Å². The van der Waals surface area contributed by atoms with Crippen molar-refractivity contribution in [2.24, 2.45) is 0 Å². The summed E-state index contributed by atoms with van der Waals surface area (Å²) < 4.78 is 5.45. The van der Waals surface area contributed by atoms with E-state index >= 15 is 0 Å². The first-order valence-electron chi connectivity index (χ1n) is 8.02. The van der Waals surface area contributed by atoms with E-state index in [2.05, 4.69) is 13.2 Å². The van der Waals surface area contributed by atoms with Crippen LogP contribution in [0.4, 0.5) is 0 Å². The van der Waals surface area contributed by atoms with Crippen molar-refractivity contribution < 1.29 is 14.6 Å². The maximum absolute atomic E-state index is 11.9. The molecule has 0 spiro atoms. The van der Waals surface area contributed by atoms with Crippen molar-refractivity contribution in [2.45, 2.75) is 19.3 Å². The van der Waals surface area contributed by atoms with Gasteiger partial charge in [0.15, 0.2) is 0 Å². The van der Waals surface area contributed by atoms with Gasteiger partial charge in [-0.25, -0.2) is 0 Å². The number of phenolic OH excluding ortho intramolecular Hbond substituents is 1. The van der Waals surface area contributed by atoms with Gasteiger partial charge in [-0.2, -0.15) is 0 Å². The number of esters is 1. The average molecular weight is 357 g/mol. The molecule has 0 radical (unpaired) electrons. The van der Waals surface area contributed by atoms with Crippen LogP contribution in [0, 0.1) is 0 Å². The summed E-state index contributed by atoms with van der Waals surface area (Å²) in [6.45, 7) is 7.49.